The number of aryl methyl sites for hydroxylation is 1. The van der Waals surface area contributed by atoms with Gasteiger partial charge in [-0.25, -0.2) is 17.2 Å². The highest BCUT2D eigenvalue weighted by molar-refractivity contribution is 7.89. The molecule has 1 aromatic heterocycles. The predicted octanol–water partition coefficient (Wildman–Crippen LogP) is 0.852. The van der Waals surface area contributed by atoms with Gasteiger partial charge in [0.25, 0.3) is 6.43 Å². The molecule has 0 radical (unpaired) electrons. The van der Waals surface area contributed by atoms with E-state index >= 15 is 0 Å². The Kier molecular flexibility index (Phi) is 4.83. The Morgan fingerprint density at radius 3 is 2.50 bits per heavy atom. The van der Waals surface area contributed by atoms with Gasteiger partial charge in [0.05, 0.1) is 6.54 Å². The van der Waals surface area contributed by atoms with E-state index in [0.717, 1.165) is 7.05 Å². The molecule has 0 saturated heterocycles. The summed E-state index contributed by atoms with van der Waals surface area (Å²) < 4.78 is 50.8. The summed E-state index contributed by atoms with van der Waals surface area (Å²) in [6.45, 7) is 1.79. The van der Waals surface area contributed by atoms with E-state index < -0.39 is 23.0 Å². The Morgan fingerprint density at radius 1 is 1.50 bits per heavy atom. The van der Waals surface area contributed by atoms with Gasteiger partial charge >= 0.3 is 0 Å². The Balaban J connectivity index is 3.08. The lowest BCUT2D eigenvalue weighted by Gasteiger charge is -2.15. The molecule has 2 N–H and O–H groups in total. The maximum Gasteiger partial charge on any atom is 0.252 e. The minimum atomic E-state index is -3.88. The van der Waals surface area contributed by atoms with Crippen molar-refractivity contribution in [3.8, 4) is 0 Å². The molecule has 0 unspecified atom stereocenters. The van der Waals surface area contributed by atoms with Crippen LogP contribution in [0.2, 0.25) is 0 Å². The lowest BCUT2D eigenvalue weighted by Crippen LogP contribution is -2.31. The van der Waals surface area contributed by atoms with Gasteiger partial charge in [-0.3, -0.25) is 0 Å². The van der Waals surface area contributed by atoms with Gasteiger partial charge in [0.1, 0.15) is 4.90 Å². The Morgan fingerprint density at radius 2 is 2.11 bits per heavy atom. The van der Waals surface area contributed by atoms with E-state index in [-0.39, 0.29) is 11.4 Å². The van der Waals surface area contributed by atoms with Crippen LogP contribution < -0.4 is 5.73 Å². The van der Waals surface area contributed by atoms with Gasteiger partial charge < -0.3 is 10.3 Å². The molecule has 5 nitrogen and oxygen atoms in total. The van der Waals surface area contributed by atoms with Crippen LogP contribution in [-0.2, 0) is 23.1 Å². The summed E-state index contributed by atoms with van der Waals surface area (Å²) in [4.78, 5) is -0.00653. The van der Waals surface area contributed by atoms with Gasteiger partial charge in [-0.05, 0) is 13.0 Å². The van der Waals surface area contributed by atoms with Crippen LogP contribution in [0.15, 0.2) is 17.2 Å². The Hall–Kier alpha value is -0.990. The van der Waals surface area contributed by atoms with E-state index in [1.807, 2.05) is 6.92 Å². The monoisotopic (exact) mass is 281 g/mol. The second-order valence-corrected chi connectivity index (χ2v) is 5.88. The average Bonchev–Trinajstić information content (AvgIpc) is 2.71. The highest BCUT2D eigenvalue weighted by Crippen LogP contribution is 2.18. The quantitative estimate of drug-likeness (QED) is 0.840. The molecule has 0 fully saturated rings. The van der Waals surface area contributed by atoms with Crippen molar-refractivity contribution in [2.75, 3.05) is 13.6 Å². The Bertz CT molecular complexity index is 478. The predicted molar refractivity (Wildman–Crippen MR) is 63.8 cm³/mol. The highest BCUT2D eigenvalue weighted by Gasteiger charge is 2.25. The summed E-state index contributed by atoms with van der Waals surface area (Å²) in [7, 11) is -2.75. The molecule has 1 heterocycles. The van der Waals surface area contributed by atoms with Crippen molar-refractivity contribution in [2.24, 2.45) is 5.73 Å². The molecule has 0 spiro atoms. The minimum absolute atomic E-state index is 0.00653. The van der Waals surface area contributed by atoms with Crippen LogP contribution >= 0.6 is 0 Å². The maximum atomic E-state index is 12.2. The third-order valence-corrected chi connectivity index (χ3v) is 4.40. The summed E-state index contributed by atoms with van der Waals surface area (Å²) in [5.41, 5.74) is 6.14. The molecule has 0 saturated carbocycles. The van der Waals surface area contributed by atoms with Crippen LogP contribution in [0, 0.1) is 0 Å². The second kappa shape index (κ2) is 5.77. The lowest BCUT2D eigenvalue weighted by molar-refractivity contribution is 0.126. The average molecular weight is 281 g/mol. The van der Waals surface area contributed by atoms with Crippen LogP contribution in [0.1, 0.15) is 12.6 Å². The van der Waals surface area contributed by atoms with E-state index in [1.165, 1.54) is 12.3 Å². The van der Waals surface area contributed by atoms with Gasteiger partial charge in [0.15, 0.2) is 0 Å². The number of nitrogens with zero attached hydrogens (tertiary/aromatic N) is 2. The number of rotatable bonds is 6. The van der Waals surface area contributed by atoms with Crippen molar-refractivity contribution in [2.45, 2.75) is 31.3 Å². The summed E-state index contributed by atoms with van der Waals surface area (Å²) in [5, 5.41) is 0. The van der Waals surface area contributed by atoms with Crippen molar-refractivity contribution in [1.29, 1.82) is 0 Å². The molecular weight excluding hydrogens is 264 g/mol. The SMILES string of the molecule is CCn1cc(S(=O)(=O)N(C)CC(F)F)cc1CN. The molecule has 1 aromatic rings. The maximum absolute atomic E-state index is 12.2. The molecule has 18 heavy (non-hydrogen) atoms. The zero-order valence-corrected chi connectivity index (χ0v) is 11.1. The molecule has 8 heteroatoms. The molecule has 0 amide bonds. The van der Waals surface area contributed by atoms with Crippen molar-refractivity contribution in [3.05, 3.63) is 18.0 Å². The molecular formula is C10H17F2N3O2S. The first-order valence-electron chi connectivity index (χ1n) is 5.46. The van der Waals surface area contributed by atoms with Crippen molar-refractivity contribution in [3.63, 3.8) is 0 Å². The van der Waals surface area contributed by atoms with E-state index in [2.05, 4.69) is 0 Å². The third kappa shape index (κ3) is 3.06. The molecule has 0 aliphatic carbocycles. The van der Waals surface area contributed by atoms with Crippen LogP contribution in [-0.4, -0.2) is 37.3 Å². The first-order valence-corrected chi connectivity index (χ1v) is 6.90. The molecule has 0 aliphatic heterocycles. The normalized spacial score (nSPS) is 12.6. The number of nitrogens with two attached hydrogens (primary N) is 1. The summed E-state index contributed by atoms with van der Waals surface area (Å²) in [6, 6.07) is 1.42. The zero-order chi connectivity index (χ0) is 13.9. The standard InChI is InChI=1S/C10H17F2N3O2S/c1-3-15-6-9(4-8(15)5-13)18(16,17)14(2)7-10(11)12/h4,6,10H,3,5,7,13H2,1-2H3. The molecule has 0 aromatic carbocycles. The fourth-order valence-electron chi connectivity index (χ4n) is 1.60. The topological polar surface area (TPSA) is 68.3 Å². The van der Waals surface area contributed by atoms with Crippen LogP contribution in [0.4, 0.5) is 8.78 Å². The molecule has 104 valence electrons. The summed E-state index contributed by atoms with van der Waals surface area (Å²) in [6.07, 6.45) is -1.29. The molecule has 1 rings (SSSR count). The number of aromatic nitrogens is 1. The first kappa shape index (κ1) is 15.1. The van der Waals surface area contributed by atoms with Crippen LogP contribution in [0.3, 0.4) is 0 Å². The van der Waals surface area contributed by atoms with E-state index in [0.29, 0.717) is 16.5 Å². The summed E-state index contributed by atoms with van der Waals surface area (Å²) in [5.74, 6) is 0. The van der Waals surface area contributed by atoms with Crippen molar-refractivity contribution < 1.29 is 17.2 Å². The van der Waals surface area contributed by atoms with Crippen LogP contribution in [0.5, 0.6) is 0 Å². The van der Waals surface area contributed by atoms with Crippen LogP contribution in [0.25, 0.3) is 0 Å². The second-order valence-electron chi connectivity index (χ2n) is 3.83. The van der Waals surface area contributed by atoms with Crippen molar-refractivity contribution in [1.82, 2.24) is 8.87 Å². The number of hydrogen-bond donors (Lipinski definition) is 1. The minimum Gasteiger partial charge on any atom is -0.349 e. The van der Waals surface area contributed by atoms with Gasteiger partial charge in [-0.15, -0.1) is 0 Å². The summed E-state index contributed by atoms with van der Waals surface area (Å²) >= 11 is 0. The fourth-order valence-corrected chi connectivity index (χ4v) is 2.82. The van der Waals surface area contributed by atoms with Gasteiger partial charge in [0.2, 0.25) is 10.0 Å². The first-order chi connectivity index (χ1) is 8.32. The number of hydrogen-bond acceptors (Lipinski definition) is 3. The van der Waals surface area contributed by atoms with Crippen molar-refractivity contribution >= 4 is 10.0 Å². The number of sulfonamides is 1. The van der Waals surface area contributed by atoms with Gasteiger partial charge in [-0.1, -0.05) is 0 Å². The van der Waals surface area contributed by atoms with E-state index in [4.69, 9.17) is 5.73 Å². The Labute approximate surface area is 105 Å². The largest absolute Gasteiger partial charge is 0.349 e. The number of alkyl halides is 2. The lowest BCUT2D eigenvalue weighted by atomic mass is 10.4. The fraction of sp³-hybridized carbons (Fsp3) is 0.600. The van der Waals surface area contributed by atoms with Gasteiger partial charge in [0, 0.05) is 32.0 Å². The van der Waals surface area contributed by atoms with Gasteiger partial charge in [-0.2, -0.15) is 4.31 Å². The third-order valence-electron chi connectivity index (χ3n) is 2.61. The number of halogens is 2. The zero-order valence-electron chi connectivity index (χ0n) is 10.3. The van der Waals surface area contributed by atoms with E-state index in [9.17, 15) is 17.2 Å². The highest BCUT2D eigenvalue weighted by atomic mass is 32.2. The van der Waals surface area contributed by atoms with E-state index in [1.54, 1.807) is 4.57 Å². The molecule has 0 atom stereocenters. The smallest absolute Gasteiger partial charge is 0.252 e. The molecule has 0 bridgehead atoms. The molecule has 0 aliphatic rings.